The van der Waals surface area contributed by atoms with Crippen molar-refractivity contribution >= 4 is 0 Å². The summed E-state index contributed by atoms with van der Waals surface area (Å²) in [5, 5.41) is 3.56. The fourth-order valence-electron chi connectivity index (χ4n) is 2.70. The van der Waals surface area contributed by atoms with Gasteiger partial charge >= 0.3 is 0 Å². The van der Waals surface area contributed by atoms with Crippen LogP contribution in [0, 0.1) is 11.8 Å². The molecule has 0 aromatic heterocycles. The van der Waals surface area contributed by atoms with Gasteiger partial charge in [0.15, 0.2) is 0 Å². The molecule has 0 bridgehead atoms. The van der Waals surface area contributed by atoms with Crippen molar-refractivity contribution in [1.29, 1.82) is 0 Å². The van der Waals surface area contributed by atoms with Gasteiger partial charge in [-0.1, -0.05) is 27.7 Å². The fraction of sp³-hybridized carbons (Fsp3) is 1.00. The van der Waals surface area contributed by atoms with Crippen molar-refractivity contribution in [1.82, 2.24) is 10.2 Å². The number of rotatable bonds is 7. The molecule has 0 spiro atoms. The summed E-state index contributed by atoms with van der Waals surface area (Å²) in [6.45, 7) is 16.7. The Morgan fingerprint density at radius 1 is 1.11 bits per heavy atom. The average molecular weight is 256 g/mol. The van der Waals surface area contributed by atoms with E-state index in [1.165, 1.54) is 19.5 Å². The Labute approximate surface area is 113 Å². The van der Waals surface area contributed by atoms with E-state index >= 15 is 0 Å². The molecule has 2 unspecified atom stereocenters. The van der Waals surface area contributed by atoms with Crippen molar-refractivity contribution < 1.29 is 4.74 Å². The lowest BCUT2D eigenvalue weighted by atomic mass is 10.0. The molecule has 108 valence electrons. The van der Waals surface area contributed by atoms with Crippen LogP contribution < -0.4 is 5.32 Å². The largest absolute Gasteiger partial charge is 0.379 e. The molecule has 3 heteroatoms. The van der Waals surface area contributed by atoms with E-state index in [1.54, 1.807) is 0 Å². The molecule has 0 aliphatic carbocycles. The molecule has 18 heavy (non-hydrogen) atoms. The third-order valence-corrected chi connectivity index (χ3v) is 3.45. The Bertz CT molecular complexity index is 203. The zero-order valence-electron chi connectivity index (χ0n) is 12.9. The van der Waals surface area contributed by atoms with Gasteiger partial charge in [0.1, 0.15) is 0 Å². The van der Waals surface area contributed by atoms with Gasteiger partial charge in [-0.3, -0.25) is 0 Å². The first kappa shape index (κ1) is 15.9. The first-order chi connectivity index (χ1) is 8.49. The minimum Gasteiger partial charge on any atom is -0.379 e. The molecule has 0 aromatic carbocycles. The summed E-state index contributed by atoms with van der Waals surface area (Å²) in [4.78, 5) is 2.64. The van der Waals surface area contributed by atoms with Crippen LogP contribution in [0.5, 0.6) is 0 Å². The standard InChI is InChI=1S/C15H32N2O/c1-12(2)9-17(10-13(3)4)14(5)8-15-11-18-7-6-16-15/h12-16H,6-11H2,1-5H3. The Balaban J connectivity index is 2.43. The molecule has 0 amide bonds. The summed E-state index contributed by atoms with van der Waals surface area (Å²) < 4.78 is 5.54. The minimum absolute atomic E-state index is 0.538. The molecule has 1 saturated heterocycles. The van der Waals surface area contributed by atoms with Gasteiger partial charge in [-0.15, -0.1) is 0 Å². The lowest BCUT2D eigenvalue weighted by molar-refractivity contribution is 0.0586. The van der Waals surface area contributed by atoms with E-state index < -0.39 is 0 Å². The summed E-state index contributed by atoms with van der Waals surface area (Å²) in [7, 11) is 0. The lowest BCUT2D eigenvalue weighted by Gasteiger charge is -2.35. The summed E-state index contributed by atoms with van der Waals surface area (Å²) in [5.41, 5.74) is 0. The second-order valence-corrected chi connectivity index (χ2v) is 6.55. The quantitative estimate of drug-likeness (QED) is 0.757. The molecular weight excluding hydrogens is 224 g/mol. The number of nitrogens with one attached hydrogen (secondary N) is 1. The Kier molecular flexibility index (Phi) is 7.20. The molecule has 1 N–H and O–H groups in total. The van der Waals surface area contributed by atoms with Gasteiger partial charge in [0.25, 0.3) is 0 Å². The van der Waals surface area contributed by atoms with Crippen LogP contribution in [0.4, 0.5) is 0 Å². The second kappa shape index (κ2) is 8.13. The van der Waals surface area contributed by atoms with E-state index in [2.05, 4.69) is 44.8 Å². The summed E-state index contributed by atoms with van der Waals surface area (Å²) in [6, 6.07) is 1.17. The van der Waals surface area contributed by atoms with Crippen LogP contribution in [0.1, 0.15) is 41.0 Å². The Hall–Kier alpha value is -0.120. The number of hydrogen-bond donors (Lipinski definition) is 1. The highest BCUT2D eigenvalue weighted by Crippen LogP contribution is 2.13. The van der Waals surface area contributed by atoms with Gasteiger partial charge < -0.3 is 15.0 Å². The topological polar surface area (TPSA) is 24.5 Å². The highest BCUT2D eigenvalue weighted by molar-refractivity contribution is 4.78. The van der Waals surface area contributed by atoms with Crippen molar-refractivity contribution in [3.8, 4) is 0 Å². The van der Waals surface area contributed by atoms with Crippen LogP contribution >= 0.6 is 0 Å². The van der Waals surface area contributed by atoms with Crippen molar-refractivity contribution in [3.05, 3.63) is 0 Å². The van der Waals surface area contributed by atoms with Crippen molar-refractivity contribution in [2.45, 2.75) is 53.1 Å². The molecular formula is C15H32N2O. The van der Waals surface area contributed by atoms with Crippen LogP contribution in [-0.4, -0.2) is 49.8 Å². The monoisotopic (exact) mass is 256 g/mol. The van der Waals surface area contributed by atoms with E-state index in [4.69, 9.17) is 4.74 Å². The third kappa shape index (κ3) is 6.17. The zero-order chi connectivity index (χ0) is 13.5. The zero-order valence-corrected chi connectivity index (χ0v) is 12.9. The maximum absolute atomic E-state index is 5.54. The van der Waals surface area contributed by atoms with Gasteiger partial charge in [-0.05, 0) is 25.2 Å². The molecule has 1 aliphatic rings. The second-order valence-electron chi connectivity index (χ2n) is 6.55. The molecule has 2 atom stereocenters. The first-order valence-corrected chi connectivity index (χ1v) is 7.54. The summed E-state index contributed by atoms with van der Waals surface area (Å²) >= 11 is 0. The SMILES string of the molecule is CC(C)CN(CC(C)C)C(C)CC1COCCN1. The van der Waals surface area contributed by atoms with E-state index in [9.17, 15) is 0 Å². The first-order valence-electron chi connectivity index (χ1n) is 7.54. The maximum atomic E-state index is 5.54. The molecule has 0 saturated carbocycles. The van der Waals surface area contributed by atoms with E-state index in [0.29, 0.717) is 12.1 Å². The fourth-order valence-corrected chi connectivity index (χ4v) is 2.70. The van der Waals surface area contributed by atoms with Crippen LogP contribution in [-0.2, 0) is 4.74 Å². The van der Waals surface area contributed by atoms with Crippen LogP contribution in [0.15, 0.2) is 0 Å². The van der Waals surface area contributed by atoms with E-state index in [-0.39, 0.29) is 0 Å². The van der Waals surface area contributed by atoms with Crippen LogP contribution in [0.25, 0.3) is 0 Å². The normalized spacial score (nSPS) is 23.0. The van der Waals surface area contributed by atoms with Crippen molar-refractivity contribution in [3.63, 3.8) is 0 Å². The third-order valence-electron chi connectivity index (χ3n) is 3.45. The van der Waals surface area contributed by atoms with Crippen molar-refractivity contribution in [2.24, 2.45) is 11.8 Å². The molecule has 1 fully saturated rings. The summed E-state index contributed by atoms with van der Waals surface area (Å²) in [5.74, 6) is 1.48. The molecule has 3 nitrogen and oxygen atoms in total. The van der Waals surface area contributed by atoms with Gasteiger partial charge in [0.2, 0.25) is 0 Å². The maximum Gasteiger partial charge on any atom is 0.0620 e. The van der Waals surface area contributed by atoms with Crippen LogP contribution in [0.2, 0.25) is 0 Å². The molecule has 0 aromatic rings. The Morgan fingerprint density at radius 3 is 2.17 bits per heavy atom. The smallest absolute Gasteiger partial charge is 0.0620 e. The van der Waals surface area contributed by atoms with Crippen molar-refractivity contribution in [2.75, 3.05) is 32.8 Å². The number of nitrogens with zero attached hydrogens (tertiary/aromatic N) is 1. The van der Waals surface area contributed by atoms with Gasteiger partial charge in [0.05, 0.1) is 13.2 Å². The molecule has 0 radical (unpaired) electrons. The lowest BCUT2D eigenvalue weighted by Crippen LogP contribution is -2.47. The predicted molar refractivity (Wildman–Crippen MR) is 77.9 cm³/mol. The molecule has 1 heterocycles. The van der Waals surface area contributed by atoms with Gasteiger partial charge in [-0.2, -0.15) is 0 Å². The summed E-state index contributed by atoms with van der Waals surface area (Å²) in [6.07, 6.45) is 1.19. The highest BCUT2D eigenvalue weighted by Gasteiger charge is 2.21. The van der Waals surface area contributed by atoms with Gasteiger partial charge in [0, 0.05) is 31.7 Å². The Morgan fingerprint density at radius 2 is 1.72 bits per heavy atom. The highest BCUT2D eigenvalue weighted by atomic mass is 16.5. The molecule has 1 rings (SSSR count). The molecule has 1 aliphatic heterocycles. The number of morpholine rings is 1. The minimum atomic E-state index is 0.538. The average Bonchev–Trinajstić information content (AvgIpc) is 2.28. The predicted octanol–water partition coefficient (Wildman–Crippen LogP) is 2.37. The number of hydrogen-bond acceptors (Lipinski definition) is 3. The van der Waals surface area contributed by atoms with Crippen LogP contribution in [0.3, 0.4) is 0 Å². The van der Waals surface area contributed by atoms with E-state index in [1.807, 2.05) is 0 Å². The number of ether oxygens (including phenoxy) is 1. The van der Waals surface area contributed by atoms with Gasteiger partial charge in [-0.25, -0.2) is 0 Å². The van der Waals surface area contributed by atoms with E-state index in [0.717, 1.165) is 31.6 Å².